The highest BCUT2D eigenvalue weighted by atomic mass is 16.3. The summed E-state index contributed by atoms with van der Waals surface area (Å²) >= 11 is 0. The van der Waals surface area contributed by atoms with E-state index in [0.29, 0.717) is 0 Å². The van der Waals surface area contributed by atoms with Gasteiger partial charge in [0.15, 0.2) is 0 Å². The summed E-state index contributed by atoms with van der Waals surface area (Å²) in [6.07, 6.45) is 2.31. The lowest BCUT2D eigenvalue weighted by molar-refractivity contribution is 0.332. The first-order valence-electron chi connectivity index (χ1n) is 21.8. The van der Waals surface area contributed by atoms with Crippen molar-refractivity contribution in [2.75, 3.05) is 9.80 Å². The molecule has 0 saturated heterocycles. The minimum absolute atomic E-state index is 0.0327. The van der Waals surface area contributed by atoms with Gasteiger partial charge in [-0.1, -0.05) is 133 Å². The predicted octanol–water partition coefficient (Wildman–Crippen LogP) is 13.6. The maximum Gasteiger partial charge on any atom is 0.257 e. The molecule has 0 N–H and O–H groups in total. The maximum atomic E-state index is 7.11. The summed E-state index contributed by atoms with van der Waals surface area (Å²) < 4.78 is 7.11. The van der Waals surface area contributed by atoms with Crippen LogP contribution in [0.25, 0.3) is 33.1 Å². The lowest BCUT2D eigenvalue weighted by Gasteiger charge is -2.47. The molecule has 4 heteroatoms. The Morgan fingerprint density at radius 2 is 1.13 bits per heavy atom. The van der Waals surface area contributed by atoms with Gasteiger partial charge in [-0.2, -0.15) is 0 Å². The molecule has 0 saturated carbocycles. The van der Waals surface area contributed by atoms with Crippen molar-refractivity contribution in [2.24, 2.45) is 0 Å². The quantitative estimate of drug-likeness (QED) is 0.167. The minimum Gasteiger partial charge on any atom is -0.457 e. The van der Waals surface area contributed by atoms with Crippen molar-refractivity contribution < 1.29 is 4.42 Å². The molecule has 3 nitrogen and oxygen atoms in total. The molecule has 11 rings (SSSR count). The third-order valence-corrected chi connectivity index (χ3v) is 14.3. The van der Waals surface area contributed by atoms with Gasteiger partial charge in [0.1, 0.15) is 11.2 Å². The van der Waals surface area contributed by atoms with Crippen LogP contribution in [-0.2, 0) is 16.2 Å². The molecular formula is C56H53BN2O. The molecule has 0 unspecified atom stereocenters. The molecule has 0 amide bonds. The number of aryl methyl sites for hydroxylation is 2. The summed E-state index contributed by atoms with van der Waals surface area (Å²) in [7, 11) is 0. The van der Waals surface area contributed by atoms with Gasteiger partial charge in [-0.25, -0.2) is 0 Å². The zero-order chi connectivity index (χ0) is 41.5. The van der Waals surface area contributed by atoms with Gasteiger partial charge in [0.05, 0.1) is 0 Å². The van der Waals surface area contributed by atoms with Crippen LogP contribution < -0.4 is 26.2 Å². The van der Waals surface area contributed by atoms with Gasteiger partial charge in [-0.3, -0.25) is 0 Å². The number of rotatable bonds is 3. The molecule has 0 bridgehead atoms. The number of hydrogen-bond donors (Lipinski definition) is 0. The van der Waals surface area contributed by atoms with E-state index in [1.807, 2.05) is 0 Å². The molecule has 1 aliphatic carbocycles. The Hall–Kier alpha value is -6.00. The largest absolute Gasteiger partial charge is 0.457 e. The van der Waals surface area contributed by atoms with Crippen molar-refractivity contribution in [1.29, 1.82) is 0 Å². The highest BCUT2D eigenvalue weighted by Gasteiger charge is 2.48. The zero-order valence-corrected chi connectivity index (χ0v) is 36.5. The fraction of sp³-hybridized carbons (Fsp3) is 0.250. The van der Waals surface area contributed by atoms with Crippen molar-refractivity contribution >= 4 is 79.2 Å². The topological polar surface area (TPSA) is 19.6 Å². The Kier molecular flexibility index (Phi) is 7.87. The van der Waals surface area contributed by atoms with Crippen LogP contribution in [0.3, 0.4) is 0 Å². The van der Waals surface area contributed by atoms with Gasteiger partial charge >= 0.3 is 0 Å². The Bertz CT molecular complexity index is 3070. The Morgan fingerprint density at radius 1 is 0.517 bits per heavy atom. The summed E-state index contributed by atoms with van der Waals surface area (Å²) in [5, 5.41) is 2.32. The molecule has 8 aromatic rings. The van der Waals surface area contributed by atoms with Crippen molar-refractivity contribution in [3.05, 3.63) is 161 Å². The summed E-state index contributed by atoms with van der Waals surface area (Å²) in [5.74, 6) is 0. The third kappa shape index (κ3) is 5.35. The number of benzene rings is 7. The summed E-state index contributed by atoms with van der Waals surface area (Å²) in [6.45, 7) is 21.2. The van der Waals surface area contributed by atoms with E-state index in [2.05, 4.69) is 206 Å². The number of para-hydroxylation sites is 2. The van der Waals surface area contributed by atoms with Crippen LogP contribution in [0.2, 0.25) is 0 Å². The second-order valence-corrected chi connectivity index (χ2v) is 20.1. The Labute approximate surface area is 355 Å². The highest BCUT2D eigenvalue weighted by molar-refractivity contribution is 7.01. The van der Waals surface area contributed by atoms with Gasteiger partial charge in [-0.15, -0.1) is 0 Å². The van der Waals surface area contributed by atoms with Crippen LogP contribution in [0, 0.1) is 13.8 Å². The molecule has 0 fully saturated rings. The standard InChI is InChI=1S/C56H53BN2O/c1-34-17-13-15-21-44(34)58-46-26-24-40-39-20-14-16-22-50(39)60-53(40)52(46)57-43-32-41-42(56(8,9)28-27-55(41,6)7)33-47(43)59(45-25-23-38(29-35(45)2)54(3,4)5)49-31-37(30-48(58)51(49)57)36-18-11-10-12-19-36/h10-26,29-33H,27-28H2,1-9H3. The molecule has 0 spiro atoms. The summed E-state index contributed by atoms with van der Waals surface area (Å²) in [6, 6.07) is 50.4. The molecule has 296 valence electrons. The average molecular weight is 781 g/mol. The average Bonchev–Trinajstić information content (AvgIpc) is 3.61. The number of nitrogens with zero attached hydrogens (tertiary/aromatic N) is 2. The van der Waals surface area contributed by atoms with Crippen molar-refractivity contribution in [3.8, 4) is 11.1 Å². The normalized spacial score (nSPS) is 16.1. The minimum atomic E-state index is -0.0779. The van der Waals surface area contributed by atoms with Gasteiger partial charge < -0.3 is 14.2 Å². The fourth-order valence-electron chi connectivity index (χ4n) is 10.8. The van der Waals surface area contributed by atoms with Gasteiger partial charge in [0.25, 0.3) is 6.71 Å². The zero-order valence-electron chi connectivity index (χ0n) is 36.5. The van der Waals surface area contributed by atoms with Gasteiger partial charge in [0.2, 0.25) is 0 Å². The summed E-state index contributed by atoms with van der Waals surface area (Å²) in [4.78, 5) is 5.18. The SMILES string of the molecule is Cc1cc(C(C)(C)C)ccc1N1c2cc3c(cc2B2c4c1cc(-c1ccccc1)cc4N(c1ccccc1C)c1ccc4c(oc5ccccc54)c12)C(C)(C)CCC3(C)C. The molecule has 0 atom stereocenters. The fourth-order valence-corrected chi connectivity index (χ4v) is 10.8. The second kappa shape index (κ2) is 12.8. The number of anilines is 6. The van der Waals surface area contributed by atoms with Gasteiger partial charge in [0, 0.05) is 44.9 Å². The first-order chi connectivity index (χ1) is 28.7. The van der Waals surface area contributed by atoms with E-state index >= 15 is 0 Å². The second-order valence-electron chi connectivity index (χ2n) is 20.1. The van der Waals surface area contributed by atoms with Crippen LogP contribution in [0.4, 0.5) is 34.1 Å². The molecule has 3 heterocycles. The highest BCUT2D eigenvalue weighted by Crippen LogP contribution is 2.52. The van der Waals surface area contributed by atoms with E-state index in [1.165, 1.54) is 89.5 Å². The van der Waals surface area contributed by atoms with E-state index in [4.69, 9.17) is 4.42 Å². The lowest BCUT2D eigenvalue weighted by Crippen LogP contribution is -2.62. The monoisotopic (exact) mass is 780 g/mol. The number of fused-ring (bicyclic) bond motifs is 9. The molecule has 1 aromatic heterocycles. The third-order valence-electron chi connectivity index (χ3n) is 14.3. The molecule has 2 aliphatic heterocycles. The molecule has 0 radical (unpaired) electrons. The maximum absolute atomic E-state index is 7.11. The number of hydrogen-bond acceptors (Lipinski definition) is 3. The summed E-state index contributed by atoms with van der Waals surface area (Å²) in [5.41, 5.74) is 22.4. The van der Waals surface area contributed by atoms with Crippen LogP contribution in [-0.4, -0.2) is 6.71 Å². The van der Waals surface area contributed by atoms with E-state index in [-0.39, 0.29) is 23.0 Å². The van der Waals surface area contributed by atoms with E-state index in [9.17, 15) is 0 Å². The van der Waals surface area contributed by atoms with Crippen LogP contribution in [0.15, 0.2) is 138 Å². The van der Waals surface area contributed by atoms with E-state index < -0.39 is 0 Å². The molecule has 7 aromatic carbocycles. The van der Waals surface area contributed by atoms with Crippen molar-refractivity contribution in [1.82, 2.24) is 0 Å². The lowest BCUT2D eigenvalue weighted by atomic mass is 9.32. The Balaban J connectivity index is 1.34. The molecule has 60 heavy (non-hydrogen) atoms. The van der Waals surface area contributed by atoms with Crippen LogP contribution >= 0.6 is 0 Å². The van der Waals surface area contributed by atoms with Gasteiger partial charge in [-0.05, 0) is 147 Å². The van der Waals surface area contributed by atoms with Crippen LogP contribution in [0.5, 0.6) is 0 Å². The van der Waals surface area contributed by atoms with Crippen molar-refractivity contribution in [3.63, 3.8) is 0 Å². The van der Waals surface area contributed by atoms with Crippen molar-refractivity contribution in [2.45, 2.75) is 91.4 Å². The first kappa shape index (κ1) is 37.0. The number of furan rings is 1. The van der Waals surface area contributed by atoms with E-state index in [0.717, 1.165) is 34.8 Å². The first-order valence-corrected chi connectivity index (χ1v) is 21.8. The van der Waals surface area contributed by atoms with Crippen LogP contribution in [0.1, 0.15) is 89.1 Å². The Morgan fingerprint density at radius 3 is 1.83 bits per heavy atom. The molecular weight excluding hydrogens is 727 g/mol. The predicted molar refractivity (Wildman–Crippen MR) is 257 cm³/mol. The molecule has 3 aliphatic rings. The van der Waals surface area contributed by atoms with E-state index in [1.54, 1.807) is 0 Å². The smallest absolute Gasteiger partial charge is 0.257 e.